The van der Waals surface area contributed by atoms with Crippen LogP contribution >= 0.6 is 0 Å². The van der Waals surface area contributed by atoms with E-state index < -0.39 is 4.92 Å². The number of nitro groups is 1. The molecule has 0 spiro atoms. The Morgan fingerprint density at radius 2 is 2.05 bits per heavy atom. The fourth-order valence-corrected chi connectivity index (χ4v) is 1.71. The van der Waals surface area contributed by atoms with Crippen molar-refractivity contribution in [1.29, 1.82) is 0 Å². The predicted molar refractivity (Wildman–Crippen MR) is 72.6 cm³/mol. The van der Waals surface area contributed by atoms with Crippen LogP contribution in [0.2, 0.25) is 0 Å². The molecule has 0 aromatic carbocycles. The van der Waals surface area contributed by atoms with E-state index in [0.717, 1.165) is 0 Å². The Balaban J connectivity index is 2.86. The second-order valence-electron chi connectivity index (χ2n) is 4.99. The van der Waals surface area contributed by atoms with Crippen molar-refractivity contribution in [2.24, 2.45) is 0 Å². The molecular weight excluding hydrogens is 248 g/mol. The molecule has 0 aliphatic carbocycles. The molecular formula is C12H22N4O3. The van der Waals surface area contributed by atoms with E-state index >= 15 is 0 Å². The first-order chi connectivity index (χ1) is 8.84. The van der Waals surface area contributed by atoms with Gasteiger partial charge >= 0.3 is 5.69 Å². The van der Waals surface area contributed by atoms with E-state index in [9.17, 15) is 10.1 Å². The van der Waals surface area contributed by atoms with Crippen LogP contribution in [0.5, 0.6) is 5.88 Å². The zero-order chi connectivity index (χ0) is 14.6. The van der Waals surface area contributed by atoms with Gasteiger partial charge in [-0.1, -0.05) is 13.8 Å². The third-order valence-corrected chi connectivity index (χ3v) is 2.58. The Morgan fingerprint density at radius 3 is 2.53 bits per heavy atom. The molecule has 108 valence electrons. The highest BCUT2D eigenvalue weighted by molar-refractivity contribution is 5.46. The zero-order valence-corrected chi connectivity index (χ0v) is 12.1. The van der Waals surface area contributed by atoms with Gasteiger partial charge in [0, 0.05) is 12.6 Å². The van der Waals surface area contributed by atoms with Crippen molar-refractivity contribution in [2.45, 2.75) is 46.7 Å². The summed E-state index contributed by atoms with van der Waals surface area (Å²) in [5, 5.41) is 18.4. The number of aryl methyl sites for hydroxylation is 1. The normalized spacial score (nSPS) is 11.3. The third-order valence-electron chi connectivity index (χ3n) is 2.58. The summed E-state index contributed by atoms with van der Waals surface area (Å²) in [6.07, 6.45) is 0. The molecule has 0 aliphatic heterocycles. The second-order valence-corrected chi connectivity index (χ2v) is 4.99. The molecule has 1 rings (SSSR count). The molecule has 1 aromatic heterocycles. The van der Waals surface area contributed by atoms with Gasteiger partial charge in [0.1, 0.15) is 12.3 Å². The Kier molecular flexibility index (Phi) is 5.29. The van der Waals surface area contributed by atoms with Crippen molar-refractivity contribution in [3.63, 3.8) is 0 Å². The molecule has 7 heteroatoms. The summed E-state index contributed by atoms with van der Waals surface area (Å²) >= 11 is 0. The smallest absolute Gasteiger partial charge is 0.353 e. The Morgan fingerprint density at radius 1 is 1.42 bits per heavy atom. The average Bonchev–Trinajstić information content (AvgIpc) is 2.61. The van der Waals surface area contributed by atoms with Crippen molar-refractivity contribution < 1.29 is 9.66 Å². The lowest BCUT2D eigenvalue weighted by Gasteiger charge is -2.12. The quantitative estimate of drug-likeness (QED) is 0.466. The van der Waals surface area contributed by atoms with Crippen molar-refractivity contribution in [2.75, 3.05) is 13.2 Å². The minimum atomic E-state index is -0.438. The molecule has 1 heterocycles. The molecule has 0 saturated carbocycles. The highest BCUT2D eigenvalue weighted by Crippen LogP contribution is 2.32. The molecule has 1 N–H and O–H groups in total. The summed E-state index contributed by atoms with van der Waals surface area (Å²) in [7, 11) is 0. The Hall–Kier alpha value is -1.63. The predicted octanol–water partition coefficient (Wildman–Crippen LogP) is 2.06. The monoisotopic (exact) mass is 270 g/mol. The summed E-state index contributed by atoms with van der Waals surface area (Å²) < 4.78 is 7.12. The lowest BCUT2D eigenvalue weighted by molar-refractivity contribution is -0.386. The van der Waals surface area contributed by atoms with Gasteiger partial charge in [0.05, 0.1) is 11.0 Å². The first-order valence-corrected chi connectivity index (χ1v) is 6.44. The van der Waals surface area contributed by atoms with E-state index in [4.69, 9.17) is 4.74 Å². The maximum Gasteiger partial charge on any atom is 0.353 e. The maximum absolute atomic E-state index is 11.1. The minimum absolute atomic E-state index is 0.0143. The average molecular weight is 270 g/mol. The molecule has 19 heavy (non-hydrogen) atoms. The van der Waals surface area contributed by atoms with E-state index in [2.05, 4.69) is 10.4 Å². The minimum Gasteiger partial charge on any atom is -0.472 e. The highest BCUT2D eigenvalue weighted by Gasteiger charge is 2.27. The lowest BCUT2D eigenvalue weighted by atomic mass is 10.4. The second kappa shape index (κ2) is 6.51. The van der Waals surface area contributed by atoms with Crippen LogP contribution in [0, 0.1) is 17.0 Å². The molecule has 0 saturated heterocycles. The third kappa shape index (κ3) is 3.92. The van der Waals surface area contributed by atoms with E-state index in [-0.39, 0.29) is 17.6 Å². The van der Waals surface area contributed by atoms with Crippen LogP contribution in [0.1, 0.15) is 39.4 Å². The molecule has 0 bridgehead atoms. The van der Waals surface area contributed by atoms with E-state index in [1.165, 1.54) is 0 Å². The van der Waals surface area contributed by atoms with Crippen LogP contribution in [0.4, 0.5) is 5.69 Å². The van der Waals surface area contributed by atoms with E-state index in [1.807, 2.05) is 27.7 Å². The number of nitrogens with zero attached hydrogens (tertiary/aromatic N) is 3. The van der Waals surface area contributed by atoms with Crippen molar-refractivity contribution in [3.05, 3.63) is 15.8 Å². The molecule has 0 atom stereocenters. The summed E-state index contributed by atoms with van der Waals surface area (Å²) in [4.78, 5) is 10.6. The van der Waals surface area contributed by atoms with Gasteiger partial charge in [0.15, 0.2) is 0 Å². The number of hydrogen-bond acceptors (Lipinski definition) is 5. The molecule has 1 aromatic rings. The number of nitrogens with one attached hydrogen (secondary N) is 1. The summed E-state index contributed by atoms with van der Waals surface area (Å²) in [6, 6.07) is 0.371. The van der Waals surface area contributed by atoms with Crippen molar-refractivity contribution in [3.8, 4) is 5.88 Å². The summed E-state index contributed by atoms with van der Waals surface area (Å²) in [6.45, 7) is 10.5. The molecule has 0 aliphatic rings. The number of ether oxygens (including phenoxy) is 1. The van der Waals surface area contributed by atoms with Crippen LogP contribution in [-0.4, -0.2) is 33.9 Å². The number of hydrogen-bond donors (Lipinski definition) is 1. The molecule has 0 radical (unpaired) electrons. The van der Waals surface area contributed by atoms with Gasteiger partial charge in [-0.25, -0.2) is 4.68 Å². The van der Waals surface area contributed by atoms with Gasteiger partial charge in [-0.2, -0.15) is 5.10 Å². The van der Waals surface area contributed by atoms with Crippen LogP contribution in [0.25, 0.3) is 0 Å². The SMILES string of the molecule is Cc1nn(C(C)C)c(OCCNC(C)C)c1[N+](=O)[O-]. The van der Waals surface area contributed by atoms with Crippen LogP contribution in [0.3, 0.4) is 0 Å². The summed E-state index contributed by atoms with van der Waals surface area (Å²) in [5.74, 6) is 0.239. The van der Waals surface area contributed by atoms with Gasteiger partial charge < -0.3 is 10.1 Å². The Labute approximate surface area is 113 Å². The fraction of sp³-hybridized carbons (Fsp3) is 0.750. The standard InChI is InChI=1S/C12H22N4O3/c1-8(2)13-6-7-19-12-11(16(17)18)10(5)14-15(12)9(3)4/h8-9,13H,6-7H2,1-5H3. The van der Waals surface area contributed by atoms with Gasteiger partial charge in [0.25, 0.3) is 5.88 Å². The van der Waals surface area contributed by atoms with Crippen LogP contribution in [-0.2, 0) is 0 Å². The zero-order valence-electron chi connectivity index (χ0n) is 12.1. The highest BCUT2D eigenvalue weighted by atomic mass is 16.6. The van der Waals surface area contributed by atoms with Crippen LogP contribution < -0.4 is 10.1 Å². The van der Waals surface area contributed by atoms with Gasteiger partial charge in [-0.15, -0.1) is 0 Å². The van der Waals surface area contributed by atoms with E-state index in [0.29, 0.717) is 24.9 Å². The van der Waals surface area contributed by atoms with Crippen molar-refractivity contribution >= 4 is 5.69 Å². The number of rotatable bonds is 7. The molecule has 7 nitrogen and oxygen atoms in total. The fourth-order valence-electron chi connectivity index (χ4n) is 1.71. The van der Waals surface area contributed by atoms with Gasteiger partial charge in [-0.3, -0.25) is 10.1 Å². The summed E-state index contributed by atoms with van der Waals surface area (Å²) in [5.41, 5.74) is 0.337. The van der Waals surface area contributed by atoms with Crippen molar-refractivity contribution in [1.82, 2.24) is 15.1 Å². The molecule has 0 unspecified atom stereocenters. The van der Waals surface area contributed by atoms with E-state index in [1.54, 1.807) is 11.6 Å². The molecule has 0 amide bonds. The number of aromatic nitrogens is 2. The van der Waals surface area contributed by atoms with Gasteiger partial charge in [-0.05, 0) is 20.8 Å². The first-order valence-electron chi connectivity index (χ1n) is 6.44. The largest absolute Gasteiger partial charge is 0.472 e. The first kappa shape index (κ1) is 15.4. The van der Waals surface area contributed by atoms with Gasteiger partial charge in [0.2, 0.25) is 0 Å². The molecule has 0 fully saturated rings. The maximum atomic E-state index is 11.1. The lowest BCUT2D eigenvalue weighted by Crippen LogP contribution is -2.28. The van der Waals surface area contributed by atoms with Crippen LogP contribution in [0.15, 0.2) is 0 Å². The topological polar surface area (TPSA) is 82.2 Å². The Bertz CT molecular complexity index is 440.